The highest BCUT2D eigenvalue weighted by Crippen LogP contribution is 2.18. The van der Waals surface area contributed by atoms with Gasteiger partial charge in [-0.05, 0) is 77.0 Å². The molecule has 0 saturated heterocycles. The Hall–Kier alpha value is -2.63. The number of esters is 3. The summed E-state index contributed by atoms with van der Waals surface area (Å²) in [6.07, 6.45) is 81.5. The second-order valence-corrected chi connectivity index (χ2v) is 22.7. The van der Waals surface area contributed by atoms with Crippen LogP contribution in [0.3, 0.4) is 0 Å². The summed E-state index contributed by atoms with van der Waals surface area (Å²) in [6.45, 7) is 6.55. The van der Waals surface area contributed by atoms with Gasteiger partial charge in [0.15, 0.2) is 6.10 Å². The van der Waals surface area contributed by atoms with Gasteiger partial charge in [0.1, 0.15) is 13.2 Å². The molecule has 6 nitrogen and oxygen atoms in total. The second kappa shape index (κ2) is 64.9. The molecule has 0 aromatic heterocycles. The van der Waals surface area contributed by atoms with Gasteiger partial charge in [0.05, 0.1) is 0 Å². The van der Waals surface area contributed by atoms with E-state index >= 15 is 0 Å². The second-order valence-electron chi connectivity index (χ2n) is 22.7. The van der Waals surface area contributed by atoms with Gasteiger partial charge >= 0.3 is 17.9 Å². The Kier molecular flexibility index (Phi) is 62.6. The Balaban J connectivity index is 4.20. The van der Waals surface area contributed by atoms with Gasteiger partial charge in [-0.2, -0.15) is 0 Å². The van der Waals surface area contributed by atoms with E-state index < -0.39 is 6.10 Å². The molecule has 0 aliphatic heterocycles. The van der Waals surface area contributed by atoms with E-state index in [9.17, 15) is 14.4 Å². The molecule has 0 rings (SSSR count). The fraction of sp³-hybridized carbons (Fsp3) is 0.843. The Morgan fingerprint density at radius 1 is 0.276 bits per heavy atom. The number of carbonyl (C=O) groups excluding carboxylic acids is 3. The molecule has 0 amide bonds. The molecule has 0 aromatic rings. The van der Waals surface area contributed by atoms with E-state index in [1.165, 1.54) is 238 Å². The average Bonchev–Trinajstić information content (AvgIpc) is 3.42. The van der Waals surface area contributed by atoms with Gasteiger partial charge in [-0.1, -0.05) is 313 Å². The molecule has 1 atom stereocenters. The quantitative estimate of drug-likeness (QED) is 0.0261. The summed E-state index contributed by atoms with van der Waals surface area (Å²) < 4.78 is 16.9. The van der Waals surface area contributed by atoms with Crippen molar-refractivity contribution in [3.8, 4) is 0 Å². The van der Waals surface area contributed by atoms with Gasteiger partial charge in [0, 0.05) is 19.3 Å². The monoisotopic (exact) mass is 1060 g/mol. The van der Waals surface area contributed by atoms with Crippen molar-refractivity contribution in [1.29, 1.82) is 0 Å². The Bertz CT molecular complexity index is 1310. The molecule has 0 aliphatic carbocycles. The molecule has 0 fully saturated rings. The largest absolute Gasteiger partial charge is 0.462 e. The van der Waals surface area contributed by atoms with E-state index in [-0.39, 0.29) is 31.1 Å². The minimum absolute atomic E-state index is 0.0808. The van der Waals surface area contributed by atoms with Crippen LogP contribution in [0.2, 0.25) is 0 Å². The first-order valence-electron chi connectivity index (χ1n) is 33.6. The normalized spacial score (nSPS) is 12.3. The van der Waals surface area contributed by atoms with Crippen molar-refractivity contribution in [2.45, 2.75) is 367 Å². The van der Waals surface area contributed by atoms with Gasteiger partial charge in [-0.15, -0.1) is 0 Å². The molecule has 0 radical (unpaired) electrons. The maximum atomic E-state index is 12.9. The first-order chi connectivity index (χ1) is 37.5. The van der Waals surface area contributed by atoms with Gasteiger partial charge in [0.25, 0.3) is 0 Å². The van der Waals surface area contributed by atoms with Crippen LogP contribution in [-0.2, 0) is 28.6 Å². The molecule has 0 aromatic carbocycles. The van der Waals surface area contributed by atoms with Crippen LogP contribution in [0.5, 0.6) is 0 Å². The predicted molar refractivity (Wildman–Crippen MR) is 330 cm³/mol. The van der Waals surface area contributed by atoms with E-state index in [0.29, 0.717) is 19.3 Å². The third kappa shape index (κ3) is 62.2. The highest BCUT2D eigenvalue weighted by atomic mass is 16.6. The standard InChI is InChI=1S/C70H128O6/c1-4-7-10-13-16-19-22-25-27-29-30-31-32-33-34-35-36-37-38-39-41-42-45-48-51-54-57-60-63-69(72)75-66-67(65-74-68(71)62-59-56-53-50-47-44-24-21-18-15-12-9-6-3)76-70(73)64-61-58-55-52-49-46-43-40-28-26-23-20-17-14-11-8-5-2/h9,12,18,21,26,28,44,47,67H,4-8,10-11,13-17,19-20,22-25,27,29-43,45-46,48-66H2,1-3H3/b12-9-,21-18-,28-26-,47-44-. The lowest BCUT2D eigenvalue weighted by molar-refractivity contribution is -0.167. The number of allylic oxidation sites excluding steroid dienone is 8. The smallest absolute Gasteiger partial charge is 0.306 e. The summed E-state index contributed by atoms with van der Waals surface area (Å²) in [6, 6.07) is 0. The van der Waals surface area contributed by atoms with E-state index in [0.717, 1.165) is 83.5 Å². The van der Waals surface area contributed by atoms with E-state index in [2.05, 4.69) is 69.4 Å². The van der Waals surface area contributed by atoms with E-state index in [1.54, 1.807) is 0 Å². The van der Waals surface area contributed by atoms with E-state index in [4.69, 9.17) is 14.2 Å². The average molecular weight is 1070 g/mol. The van der Waals surface area contributed by atoms with Crippen molar-refractivity contribution in [2.75, 3.05) is 13.2 Å². The topological polar surface area (TPSA) is 78.9 Å². The lowest BCUT2D eigenvalue weighted by Gasteiger charge is -2.18. The van der Waals surface area contributed by atoms with Crippen molar-refractivity contribution in [3.63, 3.8) is 0 Å². The maximum Gasteiger partial charge on any atom is 0.306 e. The van der Waals surface area contributed by atoms with Crippen molar-refractivity contribution in [1.82, 2.24) is 0 Å². The molecular formula is C70H128O6. The zero-order valence-electron chi connectivity index (χ0n) is 51.0. The zero-order valence-corrected chi connectivity index (χ0v) is 51.0. The first kappa shape index (κ1) is 73.4. The fourth-order valence-corrected chi connectivity index (χ4v) is 10.0. The summed E-state index contributed by atoms with van der Waals surface area (Å²) in [5.74, 6) is -0.895. The van der Waals surface area contributed by atoms with Crippen molar-refractivity contribution in [2.24, 2.45) is 0 Å². The van der Waals surface area contributed by atoms with Crippen LogP contribution in [0.4, 0.5) is 0 Å². The van der Waals surface area contributed by atoms with Crippen LogP contribution in [0.25, 0.3) is 0 Å². The van der Waals surface area contributed by atoms with Gasteiger partial charge in [0.2, 0.25) is 0 Å². The number of carbonyl (C=O) groups is 3. The number of unbranched alkanes of at least 4 members (excludes halogenated alkanes) is 43. The molecule has 0 spiro atoms. The Morgan fingerprint density at radius 3 is 0.829 bits per heavy atom. The predicted octanol–water partition coefficient (Wildman–Crippen LogP) is 22.9. The molecule has 444 valence electrons. The molecule has 0 N–H and O–H groups in total. The summed E-state index contributed by atoms with van der Waals surface area (Å²) in [5, 5.41) is 0. The lowest BCUT2D eigenvalue weighted by atomic mass is 10.0. The Labute approximate surface area is 473 Å². The highest BCUT2D eigenvalue weighted by molar-refractivity contribution is 5.71. The van der Waals surface area contributed by atoms with Crippen LogP contribution in [-0.4, -0.2) is 37.2 Å². The fourth-order valence-electron chi connectivity index (χ4n) is 10.0. The highest BCUT2D eigenvalue weighted by Gasteiger charge is 2.19. The minimum Gasteiger partial charge on any atom is -0.462 e. The van der Waals surface area contributed by atoms with Crippen LogP contribution >= 0.6 is 0 Å². The number of hydrogen-bond acceptors (Lipinski definition) is 6. The Morgan fingerprint density at radius 2 is 0.513 bits per heavy atom. The molecule has 0 aliphatic rings. The lowest BCUT2D eigenvalue weighted by Crippen LogP contribution is -2.30. The van der Waals surface area contributed by atoms with Crippen LogP contribution in [0.15, 0.2) is 48.6 Å². The third-order valence-electron chi connectivity index (χ3n) is 15.1. The molecular weight excluding hydrogens is 937 g/mol. The summed E-state index contributed by atoms with van der Waals surface area (Å²) in [5.41, 5.74) is 0. The van der Waals surface area contributed by atoms with Crippen molar-refractivity contribution in [3.05, 3.63) is 48.6 Å². The van der Waals surface area contributed by atoms with Crippen molar-refractivity contribution >= 4 is 17.9 Å². The zero-order chi connectivity index (χ0) is 55.0. The summed E-state index contributed by atoms with van der Waals surface area (Å²) in [4.78, 5) is 38.3. The molecule has 0 heterocycles. The maximum absolute atomic E-state index is 12.9. The molecule has 1 unspecified atom stereocenters. The third-order valence-corrected chi connectivity index (χ3v) is 15.1. The van der Waals surface area contributed by atoms with Crippen molar-refractivity contribution < 1.29 is 28.6 Å². The number of rotatable bonds is 62. The van der Waals surface area contributed by atoms with Crippen LogP contribution in [0.1, 0.15) is 361 Å². The van der Waals surface area contributed by atoms with Crippen LogP contribution < -0.4 is 0 Å². The number of ether oxygens (including phenoxy) is 3. The minimum atomic E-state index is -0.786. The number of hydrogen-bond donors (Lipinski definition) is 0. The molecule has 0 bridgehead atoms. The van der Waals surface area contributed by atoms with Gasteiger partial charge in [-0.25, -0.2) is 0 Å². The van der Waals surface area contributed by atoms with Gasteiger partial charge in [-0.3, -0.25) is 14.4 Å². The summed E-state index contributed by atoms with van der Waals surface area (Å²) in [7, 11) is 0. The van der Waals surface area contributed by atoms with Crippen LogP contribution in [0, 0.1) is 0 Å². The molecule has 76 heavy (non-hydrogen) atoms. The van der Waals surface area contributed by atoms with E-state index in [1.807, 2.05) is 0 Å². The SMILES string of the molecule is CC/C=C\C/C=C\C/C=C\CCCCCC(=O)OCC(COC(=O)CCCCCCCCCCCCCCCCCCCCCCCCCCCCCC)OC(=O)CCCCCCCCC/C=C\CCCCCCCC. The molecule has 6 heteroatoms. The van der Waals surface area contributed by atoms with Gasteiger partial charge < -0.3 is 14.2 Å². The summed E-state index contributed by atoms with van der Waals surface area (Å²) >= 11 is 0. The molecule has 0 saturated carbocycles. The first-order valence-corrected chi connectivity index (χ1v) is 33.6.